The number of nitrogens with one attached hydrogen (secondary N) is 1. The molecule has 20 heavy (non-hydrogen) atoms. The van der Waals surface area contributed by atoms with E-state index in [1.54, 1.807) is 30.5 Å². The summed E-state index contributed by atoms with van der Waals surface area (Å²) in [7, 11) is 3.69. The highest BCUT2D eigenvalue weighted by molar-refractivity contribution is 7.07. The Morgan fingerprint density at radius 1 is 1.35 bits per heavy atom. The smallest absolute Gasteiger partial charge is 0.193 e. The fourth-order valence-corrected chi connectivity index (χ4v) is 2.61. The molecule has 2 aromatic rings. The van der Waals surface area contributed by atoms with E-state index in [2.05, 4.69) is 27.1 Å². The van der Waals surface area contributed by atoms with E-state index in [0.717, 1.165) is 18.1 Å². The van der Waals surface area contributed by atoms with Gasteiger partial charge in [-0.25, -0.2) is 4.39 Å². The van der Waals surface area contributed by atoms with Crippen LogP contribution in [0, 0.1) is 5.82 Å². The van der Waals surface area contributed by atoms with Gasteiger partial charge in [0.1, 0.15) is 5.82 Å². The predicted molar refractivity (Wildman–Crippen MR) is 82.4 cm³/mol. The van der Waals surface area contributed by atoms with Crippen LogP contribution >= 0.6 is 11.3 Å². The van der Waals surface area contributed by atoms with E-state index < -0.39 is 0 Å². The maximum atomic E-state index is 13.2. The quantitative estimate of drug-likeness (QED) is 0.692. The van der Waals surface area contributed by atoms with Crippen LogP contribution in [0.3, 0.4) is 0 Å². The van der Waals surface area contributed by atoms with Crippen LogP contribution in [0.15, 0.2) is 46.1 Å². The van der Waals surface area contributed by atoms with Gasteiger partial charge in [-0.3, -0.25) is 4.99 Å². The number of hydrogen-bond donors (Lipinski definition) is 1. The molecule has 5 heteroatoms. The molecule has 0 aliphatic rings. The summed E-state index contributed by atoms with van der Waals surface area (Å²) in [6.45, 7) is 1.35. The van der Waals surface area contributed by atoms with E-state index in [-0.39, 0.29) is 5.82 Å². The Labute approximate surface area is 122 Å². The molecule has 106 valence electrons. The predicted octanol–water partition coefficient (Wildman–Crippen LogP) is 3.09. The first kappa shape index (κ1) is 14.5. The second-order valence-electron chi connectivity index (χ2n) is 4.52. The second kappa shape index (κ2) is 7.05. The lowest BCUT2D eigenvalue weighted by Gasteiger charge is -2.22. The Bertz CT molecular complexity index is 566. The molecule has 0 saturated heterocycles. The van der Waals surface area contributed by atoms with Crippen molar-refractivity contribution in [3.05, 3.63) is 58.0 Å². The molecule has 3 nitrogen and oxygen atoms in total. The van der Waals surface area contributed by atoms with Crippen LogP contribution in [0.5, 0.6) is 0 Å². The molecule has 0 atom stereocenters. The molecule has 0 amide bonds. The molecule has 2 rings (SSSR count). The van der Waals surface area contributed by atoms with E-state index in [4.69, 9.17) is 0 Å². The first-order valence-corrected chi connectivity index (χ1v) is 7.30. The monoisotopic (exact) mass is 291 g/mol. The van der Waals surface area contributed by atoms with Gasteiger partial charge in [-0.05, 0) is 40.1 Å². The van der Waals surface area contributed by atoms with Crippen LogP contribution in [0.4, 0.5) is 4.39 Å². The molecule has 1 aromatic carbocycles. The maximum absolute atomic E-state index is 13.2. The molecule has 0 bridgehead atoms. The van der Waals surface area contributed by atoms with Crippen molar-refractivity contribution < 1.29 is 4.39 Å². The highest BCUT2D eigenvalue weighted by Gasteiger charge is 2.07. The summed E-state index contributed by atoms with van der Waals surface area (Å²) < 4.78 is 13.2. The van der Waals surface area contributed by atoms with Gasteiger partial charge in [-0.2, -0.15) is 11.3 Å². The molecular weight excluding hydrogens is 273 g/mol. The first-order valence-electron chi connectivity index (χ1n) is 6.36. The Hall–Kier alpha value is -1.88. The Morgan fingerprint density at radius 3 is 2.85 bits per heavy atom. The Morgan fingerprint density at radius 2 is 2.20 bits per heavy atom. The summed E-state index contributed by atoms with van der Waals surface area (Å²) >= 11 is 1.68. The molecule has 0 aliphatic heterocycles. The zero-order valence-corrected chi connectivity index (χ0v) is 12.5. The minimum atomic E-state index is -0.211. The fraction of sp³-hybridized carbons (Fsp3) is 0.267. The fourth-order valence-electron chi connectivity index (χ4n) is 1.94. The van der Waals surface area contributed by atoms with Crippen molar-refractivity contribution in [3.8, 4) is 0 Å². The van der Waals surface area contributed by atoms with Crippen molar-refractivity contribution in [2.75, 3.05) is 14.1 Å². The zero-order valence-electron chi connectivity index (χ0n) is 11.6. The number of nitrogens with zero attached hydrogens (tertiary/aromatic N) is 2. The average Bonchev–Trinajstić information content (AvgIpc) is 2.92. The molecule has 0 unspecified atom stereocenters. The number of halogens is 1. The van der Waals surface area contributed by atoms with Gasteiger partial charge in [0.2, 0.25) is 0 Å². The highest BCUT2D eigenvalue weighted by Crippen LogP contribution is 2.08. The van der Waals surface area contributed by atoms with E-state index in [1.165, 1.54) is 11.6 Å². The Balaban J connectivity index is 1.93. The third-order valence-electron chi connectivity index (χ3n) is 2.91. The van der Waals surface area contributed by atoms with Crippen LogP contribution in [0.2, 0.25) is 0 Å². The topological polar surface area (TPSA) is 27.6 Å². The van der Waals surface area contributed by atoms with Crippen LogP contribution in [-0.2, 0) is 13.1 Å². The summed E-state index contributed by atoms with van der Waals surface area (Å²) in [6, 6.07) is 8.71. The number of thiophene rings is 1. The van der Waals surface area contributed by atoms with Crippen LogP contribution < -0.4 is 5.32 Å². The number of guanidine groups is 1. The van der Waals surface area contributed by atoms with Crippen molar-refractivity contribution in [3.63, 3.8) is 0 Å². The van der Waals surface area contributed by atoms with Crippen LogP contribution in [0.1, 0.15) is 11.1 Å². The average molecular weight is 291 g/mol. The van der Waals surface area contributed by atoms with Gasteiger partial charge < -0.3 is 10.2 Å². The highest BCUT2D eigenvalue weighted by atomic mass is 32.1. The number of hydrogen-bond acceptors (Lipinski definition) is 2. The van der Waals surface area contributed by atoms with Gasteiger partial charge in [0.15, 0.2) is 5.96 Å². The van der Waals surface area contributed by atoms with Gasteiger partial charge in [-0.1, -0.05) is 12.1 Å². The van der Waals surface area contributed by atoms with Gasteiger partial charge in [0.05, 0.1) is 0 Å². The lowest BCUT2D eigenvalue weighted by Crippen LogP contribution is -2.37. The summed E-state index contributed by atoms with van der Waals surface area (Å²) in [5.41, 5.74) is 2.15. The van der Waals surface area contributed by atoms with Gasteiger partial charge in [0, 0.05) is 27.2 Å². The van der Waals surface area contributed by atoms with Gasteiger partial charge in [-0.15, -0.1) is 0 Å². The summed E-state index contributed by atoms with van der Waals surface area (Å²) in [5.74, 6) is 0.581. The minimum Gasteiger partial charge on any atom is -0.352 e. The van der Waals surface area contributed by atoms with Crippen molar-refractivity contribution >= 4 is 17.3 Å². The molecule has 0 spiro atoms. The van der Waals surface area contributed by atoms with Gasteiger partial charge in [0.25, 0.3) is 0 Å². The molecule has 0 fully saturated rings. The summed E-state index contributed by atoms with van der Waals surface area (Å²) in [6.07, 6.45) is 0. The van der Waals surface area contributed by atoms with E-state index >= 15 is 0 Å². The molecule has 1 N–H and O–H groups in total. The third-order valence-corrected chi connectivity index (χ3v) is 3.64. The van der Waals surface area contributed by atoms with Crippen LogP contribution in [-0.4, -0.2) is 25.0 Å². The van der Waals surface area contributed by atoms with Crippen LogP contribution in [0.25, 0.3) is 0 Å². The largest absolute Gasteiger partial charge is 0.352 e. The first-order chi connectivity index (χ1) is 9.69. The van der Waals surface area contributed by atoms with E-state index in [9.17, 15) is 4.39 Å². The van der Waals surface area contributed by atoms with E-state index in [1.807, 2.05) is 18.0 Å². The molecular formula is C15H18FN3S. The maximum Gasteiger partial charge on any atom is 0.193 e. The standard InChI is InChI=1S/C15H18FN3S/c1-17-15(18-9-13-6-7-20-11-13)19(2)10-12-4-3-5-14(16)8-12/h3-8,11H,9-10H2,1-2H3,(H,17,18). The van der Waals surface area contributed by atoms with Crippen molar-refractivity contribution in [1.29, 1.82) is 0 Å². The second-order valence-corrected chi connectivity index (χ2v) is 5.30. The van der Waals surface area contributed by atoms with Crippen molar-refractivity contribution in [2.24, 2.45) is 4.99 Å². The third kappa shape index (κ3) is 4.06. The van der Waals surface area contributed by atoms with E-state index in [0.29, 0.717) is 6.54 Å². The SMILES string of the molecule is CN=C(NCc1ccsc1)N(C)Cc1cccc(F)c1. The number of benzene rings is 1. The zero-order chi connectivity index (χ0) is 14.4. The van der Waals surface area contributed by atoms with Crippen molar-refractivity contribution in [2.45, 2.75) is 13.1 Å². The number of aliphatic imine (C=N–C) groups is 1. The summed E-state index contributed by atoms with van der Waals surface area (Å²) in [4.78, 5) is 6.22. The van der Waals surface area contributed by atoms with Crippen molar-refractivity contribution in [1.82, 2.24) is 10.2 Å². The lowest BCUT2D eigenvalue weighted by molar-refractivity contribution is 0.474. The molecule has 1 aromatic heterocycles. The Kier molecular flexibility index (Phi) is 5.12. The lowest BCUT2D eigenvalue weighted by atomic mass is 10.2. The molecule has 1 heterocycles. The van der Waals surface area contributed by atoms with Gasteiger partial charge >= 0.3 is 0 Å². The molecule has 0 saturated carbocycles. The molecule has 0 aliphatic carbocycles. The summed E-state index contributed by atoms with van der Waals surface area (Å²) in [5, 5.41) is 7.45. The minimum absolute atomic E-state index is 0.211. The number of rotatable bonds is 4. The normalized spacial score (nSPS) is 11.4. The molecule has 0 radical (unpaired) electrons.